The summed E-state index contributed by atoms with van der Waals surface area (Å²) in [5.74, 6) is -1.67. The second-order valence-corrected chi connectivity index (χ2v) is 9.23. The van der Waals surface area contributed by atoms with Crippen molar-refractivity contribution in [1.82, 2.24) is 10.0 Å². The molecule has 0 aliphatic carbocycles. The van der Waals surface area contributed by atoms with E-state index in [9.17, 15) is 22.4 Å². The molecular weight excluding hydrogens is 417 g/mol. The van der Waals surface area contributed by atoms with E-state index >= 15 is 0 Å². The number of rotatable bonds is 7. The summed E-state index contributed by atoms with van der Waals surface area (Å²) in [7, 11) is -2.58. The average Bonchev–Trinajstić information content (AvgIpc) is 2.70. The molecule has 1 amide bonds. The first-order chi connectivity index (χ1) is 14.0. The van der Waals surface area contributed by atoms with E-state index in [-0.39, 0.29) is 35.4 Å². The van der Waals surface area contributed by atoms with Gasteiger partial charge in [0, 0.05) is 30.6 Å². The molecule has 30 heavy (non-hydrogen) atoms. The van der Waals surface area contributed by atoms with Crippen molar-refractivity contribution in [2.24, 2.45) is 0 Å². The summed E-state index contributed by atoms with van der Waals surface area (Å²) in [4.78, 5) is 24.3. The predicted octanol–water partition coefficient (Wildman–Crippen LogP) is 1.23. The number of nitriles is 1. The molecular formula is C19H20FN3O6S. The Kier molecular flexibility index (Phi) is 6.64. The van der Waals surface area contributed by atoms with E-state index in [2.05, 4.69) is 0 Å². The minimum Gasteiger partial charge on any atom is -0.495 e. The quantitative estimate of drug-likeness (QED) is 0.491. The number of methoxy groups -OCH3 is 1. The number of aromatic nitrogens is 1. The summed E-state index contributed by atoms with van der Waals surface area (Å²) in [6.45, 7) is 1.00. The molecule has 0 aliphatic rings. The van der Waals surface area contributed by atoms with Crippen LogP contribution in [0.2, 0.25) is 0 Å². The third kappa shape index (κ3) is 4.34. The summed E-state index contributed by atoms with van der Waals surface area (Å²) < 4.78 is 42.7. The molecule has 0 spiro atoms. The molecule has 2 N–H and O–H groups in total. The monoisotopic (exact) mass is 437 g/mol. The number of ether oxygens (including phenoxy) is 1. The van der Waals surface area contributed by atoms with Crippen LogP contribution < -0.4 is 15.8 Å². The summed E-state index contributed by atoms with van der Waals surface area (Å²) in [5.41, 5.74) is 1.07. The zero-order valence-corrected chi connectivity index (χ0v) is 17.3. The number of amides is 1. The molecule has 0 bridgehead atoms. The smallest absolute Gasteiger partial charge is 0.264 e. The van der Waals surface area contributed by atoms with Crippen molar-refractivity contribution >= 4 is 15.7 Å². The van der Waals surface area contributed by atoms with Crippen LogP contribution in [0, 0.1) is 17.1 Å². The molecule has 11 heteroatoms. The lowest BCUT2D eigenvalue weighted by Crippen LogP contribution is -2.49. The van der Waals surface area contributed by atoms with E-state index in [1.54, 1.807) is 0 Å². The van der Waals surface area contributed by atoms with E-state index in [0.717, 1.165) is 29.9 Å². The van der Waals surface area contributed by atoms with Crippen LogP contribution in [-0.2, 0) is 21.2 Å². The fraction of sp³-hybridized carbons (Fsp3) is 0.316. The third-order valence-corrected chi connectivity index (χ3v) is 6.97. The summed E-state index contributed by atoms with van der Waals surface area (Å²) >= 11 is 0. The summed E-state index contributed by atoms with van der Waals surface area (Å²) in [6.07, 6.45) is 1.91. The minimum absolute atomic E-state index is 0.00862. The van der Waals surface area contributed by atoms with Crippen LogP contribution in [0.15, 0.2) is 35.3 Å². The van der Waals surface area contributed by atoms with Crippen molar-refractivity contribution in [3.63, 3.8) is 0 Å². The van der Waals surface area contributed by atoms with Crippen molar-refractivity contribution in [2.45, 2.75) is 24.6 Å². The van der Waals surface area contributed by atoms with Gasteiger partial charge in [0.25, 0.3) is 11.5 Å². The Labute approximate surface area is 172 Å². The van der Waals surface area contributed by atoms with Crippen molar-refractivity contribution in [3.05, 3.63) is 52.2 Å². The average molecular weight is 437 g/mol. The molecule has 0 radical (unpaired) electrons. The van der Waals surface area contributed by atoms with Gasteiger partial charge in [0.1, 0.15) is 17.6 Å². The SMILES string of the molecule is COc1cc(-c2ccn(CC[C@](C)(C(=O)NO)S(C)(=O)=O)c(=O)c2)c(F)cc1C#N. The maximum Gasteiger partial charge on any atom is 0.264 e. The molecule has 1 heterocycles. The Morgan fingerprint density at radius 1 is 1.40 bits per heavy atom. The number of nitrogens with zero attached hydrogens (tertiary/aromatic N) is 2. The van der Waals surface area contributed by atoms with Crippen molar-refractivity contribution in [3.8, 4) is 22.9 Å². The highest BCUT2D eigenvalue weighted by atomic mass is 32.2. The maximum absolute atomic E-state index is 14.4. The standard InChI is InChI=1S/C19H20FN3O6S/c1-19(18(25)22-26,30(3,27)28)5-7-23-6-4-12(9-17(23)24)14-10-16(29-2)13(11-21)8-15(14)20/h4,6,8-10,26H,5,7H2,1-3H3,(H,22,25)/t19-/m1/s1. The lowest BCUT2D eigenvalue weighted by atomic mass is 10.0. The van der Waals surface area contributed by atoms with E-state index in [1.165, 1.54) is 30.9 Å². The lowest BCUT2D eigenvalue weighted by Gasteiger charge is -2.25. The van der Waals surface area contributed by atoms with E-state index < -0.39 is 31.9 Å². The van der Waals surface area contributed by atoms with Crippen LogP contribution in [0.1, 0.15) is 18.9 Å². The second-order valence-electron chi connectivity index (χ2n) is 6.79. The van der Waals surface area contributed by atoms with Crippen molar-refractivity contribution < 1.29 is 27.5 Å². The number of sulfone groups is 1. The highest BCUT2D eigenvalue weighted by molar-refractivity contribution is 7.92. The predicted molar refractivity (Wildman–Crippen MR) is 105 cm³/mol. The molecule has 0 fully saturated rings. The largest absolute Gasteiger partial charge is 0.495 e. The van der Waals surface area contributed by atoms with Gasteiger partial charge >= 0.3 is 0 Å². The number of halogens is 1. The maximum atomic E-state index is 14.4. The molecule has 1 aromatic heterocycles. The molecule has 1 aromatic carbocycles. The molecule has 0 unspecified atom stereocenters. The fourth-order valence-electron chi connectivity index (χ4n) is 2.81. The first kappa shape index (κ1) is 23.1. The van der Waals surface area contributed by atoms with Gasteiger partial charge in [-0.1, -0.05) is 0 Å². The first-order valence-corrected chi connectivity index (χ1v) is 10.5. The Morgan fingerprint density at radius 2 is 2.07 bits per heavy atom. The molecule has 0 aliphatic heterocycles. The fourth-order valence-corrected chi connectivity index (χ4v) is 3.65. The van der Waals surface area contributed by atoms with Crippen LogP contribution in [0.4, 0.5) is 4.39 Å². The molecule has 2 aromatic rings. The van der Waals surface area contributed by atoms with Crippen LogP contribution in [0.5, 0.6) is 5.75 Å². The topological polar surface area (TPSA) is 138 Å². The number of carbonyl (C=O) groups is 1. The van der Waals surface area contributed by atoms with Gasteiger partial charge in [-0.25, -0.2) is 18.3 Å². The van der Waals surface area contributed by atoms with Gasteiger partial charge in [-0.05, 0) is 37.1 Å². The number of aryl methyl sites for hydroxylation is 1. The number of hydroxylamine groups is 1. The normalized spacial score (nSPS) is 13.2. The van der Waals surface area contributed by atoms with Crippen molar-refractivity contribution in [2.75, 3.05) is 13.4 Å². The number of nitrogens with one attached hydrogen (secondary N) is 1. The molecule has 9 nitrogen and oxygen atoms in total. The molecule has 160 valence electrons. The van der Waals surface area contributed by atoms with Gasteiger partial charge in [-0.3, -0.25) is 14.8 Å². The molecule has 1 atom stereocenters. The molecule has 2 rings (SSSR count). The Hall–Kier alpha value is -3.23. The first-order valence-electron chi connectivity index (χ1n) is 8.61. The van der Waals surface area contributed by atoms with Gasteiger partial charge < -0.3 is 9.30 Å². The lowest BCUT2D eigenvalue weighted by molar-refractivity contribution is -0.131. The highest BCUT2D eigenvalue weighted by Crippen LogP contribution is 2.29. The van der Waals surface area contributed by atoms with Gasteiger partial charge in [0.2, 0.25) is 0 Å². The zero-order chi connectivity index (χ0) is 22.7. The number of hydrogen-bond donors (Lipinski definition) is 2. The second kappa shape index (κ2) is 8.64. The van der Waals surface area contributed by atoms with Crippen LogP contribution >= 0.6 is 0 Å². The Bertz CT molecular complexity index is 1190. The van der Waals surface area contributed by atoms with Crippen LogP contribution in [-0.4, -0.2) is 42.2 Å². The van der Waals surface area contributed by atoms with E-state index in [4.69, 9.17) is 15.2 Å². The Morgan fingerprint density at radius 3 is 2.57 bits per heavy atom. The zero-order valence-electron chi connectivity index (χ0n) is 16.5. The number of pyridine rings is 1. The van der Waals surface area contributed by atoms with Gasteiger partial charge in [0.05, 0.1) is 12.7 Å². The third-order valence-electron chi connectivity index (χ3n) is 4.95. The number of hydrogen-bond acceptors (Lipinski definition) is 7. The van der Waals surface area contributed by atoms with Crippen LogP contribution in [0.3, 0.4) is 0 Å². The van der Waals surface area contributed by atoms with E-state index in [1.807, 2.05) is 6.07 Å². The summed E-state index contributed by atoms with van der Waals surface area (Å²) in [6, 6.07) is 6.71. The molecule has 0 saturated carbocycles. The van der Waals surface area contributed by atoms with E-state index in [0.29, 0.717) is 0 Å². The van der Waals surface area contributed by atoms with Crippen LogP contribution in [0.25, 0.3) is 11.1 Å². The Balaban J connectivity index is 2.38. The summed E-state index contributed by atoms with van der Waals surface area (Å²) in [5, 5.41) is 17.9. The van der Waals surface area contributed by atoms with Gasteiger partial charge in [-0.15, -0.1) is 0 Å². The highest BCUT2D eigenvalue weighted by Gasteiger charge is 2.43. The van der Waals surface area contributed by atoms with Crippen molar-refractivity contribution in [1.29, 1.82) is 5.26 Å². The van der Waals surface area contributed by atoms with Gasteiger partial charge in [0.15, 0.2) is 14.6 Å². The minimum atomic E-state index is -3.91. The number of carbonyl (C=O) groups excluding carboxylic acids is 1. The number of benzene rings is 1. The molecule has 0 saturated heterocycles. The van der Waals surface area contributed by atoms with Gasteiger partial charge in [-0.2, -0.15) is 5.26 Å².